The molecule has 162 valence electrons. The van der Waals surface area contributed by atoms with Crippen LogP contribution in [0.25, 0.3) is 0 Å². The average Bonchev–Trinajstić information content (AvgIpc) is 2.59. The highest BCUT2D eigenvalue weighted by molar-refractivity contribution is 5.69. The number of benzene rings is 1. The second kappa shape index (κ2) is 10.6. The van der Waals surface area contributed by atoms with Crippen molar-refractivity contribution < 1.29 is 19.1 Å². The molecule has 0 bridgehead atoms. The summed E-state index contributed by atoms with van der Waals surface area (Å²) in [6.07, 6.45) is 9.87. The van der Waals surface area contributed by atoms with Gasteiger partial charge in [0.05, 0.1) is 13.1 Å². The summed E-state index contributed by atoms with van der Waals surface area (Å²) in [7, 11) is 0. The Kier molecular flexibility index (Phi) is 8.80. The van der Waals surface area contributed by atoms with Gasteiger partial charge in [-0.25, -0.2) is 9.59 Å². The Labute approximate surface area is 180 Å². The number of ether oxygens (including phenoxy) is 2. The number of terminal acetylenes is 2. The van der Waals surface area contributed by atoms with Crippen LogP contribution in [0.4, 0.5) is 9.59 Å². The van der Waals surface area contributed by atoms with Gasteiger partial charge in [0.1, 0.15) is 11.2 Å². The van der Waals surface area contributed by atoms with Gasteiger partial charge < -0.3 is 9.47 Å². The molecule has 0 atom stereocenters. The predicted molar refractivity (Wildman–Crippen MR) is 117 cm³/mol. The molecule has 1 rings (SSSR count). The molecule has 6 heteroatoms. The zero-order valence-corrected chi connectivity index (χ0v) is 18.8. The molecular formula is C24H32N2O4. The number of rotatable bonds is 6. The van der Waals surface area contributed by atoms with Crippen molar-refractivity contribution in [3.8, 4) is 24.7 Å². The Morgan fingerprint density at radius 3 is 1.30 bits per heavy atom. The first-order chi connectivity index (χ1) is 13.8. The quantitative estimate of drug-likeness (QED) is 0.649. The lowest BCUT2D eigenvalue weighted by molar-refractivity contribution is 0.0249. The molecule has 0 saturated carbocycles. The first kappa shape index (κ1) is 24.9. The Hall–Kier alpha value is -3.12. The number of amides is 2. The van der Waals surface area contributed by atoms with Crippen LogP contribution in [0.1, 0.15) is 52.7 Å². The van der Waals surface area contributed by atoms with Crippen LogP contribution in [0.3, 0.4) is 0 Å². The molecule has 0 saturated heterocycles. The predicted octanol–water partition coefficient (Wildman–Crippen LogP) is 4.43. The minimum Gasteiger partial charge on any atom is -0.444 e. The van der Waals surface area contributed by atoms with Crippen molar-refractivity contribution in [3.05, 3.63) is 35.4 Å². The highest BCUT2D eigenvalue weighted by atomic mass is 16.6. The van der Waals surface area contributed by atoms with E-state index in [9.17, 15) is 9.59 Å². The van der Waals surface area contributed by atoms with Gasteiger partial charge >= 0.3 is 12.2 Å². The second-order valence-electron chi connectivity index (χ2n) is 8.90. The summed E-state index contributed by atoms with van der Waals surface area (Å²) in [6.45, 7) is 11.8. The van der Waals surface area contributed by atoms with Gasteiger partial charge in [0.2, 0.25) is 0 Å². The third-order valence-corrected chi connectivity index (χ3v) is 3.64. The normalized spacial score (nSPS) is 11.1. The number of carbonyl (C=O) groups is 2. The smallest absolute Gasteiger partial charge is 0.411 e. The van der Waals surface area contributed by atoms with Crippen LogP contribution >= 0.6 is 0 Å². The summed E-state index contributed by atoms with van der Waals surface area (Å²) in [4.78, 5) is 27.6. The van der Waals surface area contributed by atoms with Crippen molar-refractivity contribution in [2.45, 2.75) is 65.8 Å². The van der Waals surface area contributed by atoms with Gasteiger partial charge in [-0.3, -0.25) is 9.80 Å². The lowest BCUT2D eigenvalue weighted by Crippen LogP contribution is -2.37. The largest absolute Gasteiger partial charge is 0.444 e. The highest BCUT2D eigenvalue weighted by Crippen LogP contribution is 2.15. The van der Waals surface area contributed by atoms with Crippen molar-refractivity contribution in [2.24, 2.45) is 0 Å². The molecular weight excluding hydrogens is 380 g/mol. The van der Waals surface area contributed by atoms with Gasteiger partial charge in [-0.2, -0.15) is 0 Å². The number of hydrogen-bond donors (Lipinski definition) is 0. The summed E-state index contributed by atoms with van der Waals surface area (Å²) in [5.74, 6) is 4.97. The average molecular weight is 413 g/mol. The molecule has 2 amide bonds. The van der Waals surface area contributed by atoms with Gasteiger partial charge in [-0.05, 0) is 52.7 Å². The summed E-state index contributed by atoms with van der Waals surface area (Å²) >= 11 is 0. The van der Waals surface area contributed by atoms with Crippen molar-refractivity contribution in [1.82, 2.24) is 9.80 Å². The molecule has 0 aromatic heterocycles. The molecule has 0 spiro atoms. The third kappa shape index (κ3) is 9.39. The molecule has 0 aliphatic carbocycles. The van der Waals surface area contributed by atoms with Crippen LogP contribution in [-0.4, -0.2) is 46.3 Å². The van der Waals surface area contributed by atoms with Crippen molar-refractivity contribution >= 4 is 12.2 Å². The molecule has 0 heterocycles. The summed E-state index contributed by atoms with van der Waals surface area (Å²) in [6, 6.07) is 7.53. The zero-order chi connectivity index (χ0) is 22.9. The molecule has 1 aromatic rings. The maximum atomic E-state index is 12.4. The fourth-order valence-electron chi connectivity index (χ4n) is 2.43. The van der Waals surface area contributed by atoms with Crippen molar-refractivity contribution in [3.63, 3.8) is 0 Å². The van der Waals surface area contributed by atoms with E-state index in [1.54, 1.807) is 41.5 Å². The Morgan fingerprint density at radius 2 is 1.07 bits per heavy atom. The van der Waals surface area contributed by atoms with Crippen LogP contribution in [0, 0.1) is 24.7 Å². The van der Waals surface area contributed by atoms with Crippen molar-refractivity contribution in [1.29, 1.82) is 0 Å². The maximum Gasteiger partial charge on any atom is 0.411 e. The monoisotopic (exact) mass is 412 g/mol. The lowest BCUT2D eigenvalue weighted by atomic mass is 10.1. The summed E-state index contributed by atoms with van der Waals surface area (Å²) < 4.78 is 10.8. The lowest BCUT2D eigenvalue weighted by Gasteiger charge is -2.27. The minimum atomic E-state index is -0.601. The minimum absolute atomic E-state index is 0.144. The second-order valence-corrected chi connectivity index (χ2v) is 8.90. The molecule has 0 aliphatic heterocycles. The van der Waals surface area contributed by atoms with Crippen molar-refractivity contribution in [2.75, 3.05) is 13.1 Å². The topological polar surface area (TPSA) is 59.1 Å². The molecule has 30 heavy (non-hydrogen) atoms. The number of nitrogens with zero attached hydrogens (tertiary/aromatic N) is 2. The van der Waals surface area contributed by atoms with E-state index in [1.165, 1.54) is 9.80 Å². The summed E-state index contributed by atoms with van der Waals surface area (Å²) in [5.41, 5.74) is 0.576. The first-order valence-electron chi connectivity index (χ1n) is 9.75. The number of hydrogen-bond acceptors (Lipinski definition) is 4. The molecule has 0 unspecified atom stereocenters. The maximum absolute atomic E-state index is 12.4. The van der Waals surface area contributed by atoms with Gasteiger partial charge in [0.25, 0.3) is 0 Å². The van der Waals surface area contributed by atoms with Crippen LogP contribution in [0.5, 0.6) is 0 Å². The molecule has 0 N–H and O–H groups in total. The third-order valence-electron chi connectivity index (χ3n) is 3.64. The SMILES string of the molecule is C#CCN(Cc1ccc(CN(CC#C)C(=O)OC(C)(C)C)cc1)C(=O)OC(C)(C)C. The Balaban J connectivity index is 2.85. The van der Waals surface area contributed by atoms with E-state index in [2.05, 4.69) is 11.8 Å². The Bertz CT molecular complexity index is 733. The zero-order valence-electron chi connectivity index (χ0n) is 18.8. The van der Waals surface area contributed by atoms with E-state index in [4.69, 9.17) is 22.3 Å². The fraction of sp³-hybridized carbons (Fsp3) is 0.500. The van der Waals surface area contributed by atoms with Crippen LogP contribution in [0.2, 0.25) is 0 Å². The Morgan fingerprint density at radius 1 is 0.767 bits per heavy atom. The van der Waals surface area contributed by atoms with E-state index in [1.807, 2.05) is 24.3 Å². The first-order valence-corrected chi connectivity index (χ1v) is 9.75. The van der Waals surface area contributed by atoms with Crippen LogP contribution < -0.4 is 0 Å². The number of carbonyl (C=O) groups excluding carboxylic acids is 2. The van der Waals surface area contributed by atoms with E-state index < -0.39 is 23.4 Å². The molecule has 6 nitrogen and oxygen atoms in total. The van der Waals surface area contributed by atoms with E-state index in [0.29, 0.717) is 13.1 Å². The van der Waals surface area contributed by atoms with Crippen LogP contribution in [-0.2, 0) is 22.6 Å². The molecule has 0 radical (unpaired) electrons. The van der Waals surface area contributed by atoms with Crippen LogP contribution in [0.15, 0.2) is 24.3 Å². The van der Waals surface area contributed by atoms with Gasteiger partial charge in [-0.1, -0.05) is 36.1 Å². The molecule has 1 aromatic carbocycles. The van der Waals surface area contributed by atoms with E-state index >= 15 is 0 Å². The standard InChI is InChI=1S/C24H32N2O4/c1-9-15-25(21(27)29-23(3,4)5)17-19-11-13-20(14-12-19)18-26(16-10-2)22(28)30-24(6,7)8/h1-2,11-14H,15-18H2,3-8H3. The van der Waals surface area contributed by atoms with E-state index in [-0.39, 0.29) is 13.1 Å². The molecule has 0 aliphatic rings. The molecule has 0 fully saturated rings. The highest BCUT2D eigenvalue weighted by Gasteiger charge is 2.23. The summed E-state index contributed by atoms with van der Waals surface area (Å²) in [5, 5.41) is 0. The van der Waals surface area contributed by atoms with Gasteiger partial charge in [0, 0.05) is 13.1 Å². The van der Waals surface area contributed by atoms with Gasteiger partial charge in [0.15, 0.2) is 0 Å². The van der Waals surface area contributed by atoms with E-state index in [0.717, 1.165) is 11.1 Å². The fourth-order valence-corrected chi connectivity index (χ4v) is 2.43. The van der Waals surface area contributed by atoms with Gasteiger partial charge in [-0.15, -0.1) is 12.8 Å².